The fraction of sp³-hybridized carbons (Fsp3) is 0.889. The molecule has 1 aliphatic heterocycles. The van der Waals surface area contributed by atoms with Crippen molar-refractivity contribution in [3.8, 4) is 6.07 Å². The van der Waals surface area contributed by atoms with Gasteiger partial charge >= 0.3 is 0 Å². The molecule has 0 radical (unpaired) electrons. The molecular weight excluding hydrogens is 152 g/mol. The molecule has 68 valence electrons. The number of nitriles is 1. The van der Waals surface area contributed by atoms with Gasteiger partial charge in [-0.1, -0.05) is 0 Å². The maximum absolute atomic E-state index is 9.25. The maximum Gasteiger partial charge on any atom is 0.0638 e. The first-order valence-electron chi connectivity index (χ1n) is 4.53. The van der Waals surface area contributed by atoms with Crippen molar-refractivity contribution in [3.05, 3.63) is 0 Å². The predicted molar refractivity (Wildman–Crippen MR) is 46.5 cm³/mol. The summed E-state index contributed by atoms with van der Waals surface area (Å²) in [6.45, 7) is 3.94. The zero-order chi connectivity index (χ0) is 8.97. The number of piperidine rings is 1. The van der Waals surface area contributed by atoms with Gasteiger partial charge in [-0.2, -0.15) is 5.26 Å². The zero-order valence-electron chi connectivity index (χ0n) is 7.53. The smallest absolute Gasteiger partial charge is 0.0638 e. The van der Waals surface area contributed by atoms with E-state index in [0.29, 0.717) is 12.5 Å². The summed E-state index contributed by atoms with van der Waals surface area (Å²) in [6.07, 6.45) is 2.19. The van der Waals surface area contributed by atoms with E-state index in [2.05, 4.69) is 17.9 Å². The van der Waals surface area contributed by atoms with Crippen molar-refractivity contribution in [1.82, 2.24) is 4.90 Å². The average molecular weight is 168 g/mol. The normalized spacial score (nSPS) is 23.4. The molecule has 1 heterocycles. The molecule has 0 aromatic heterocycles. The third-order valence-electron chi connectivity index (χ3n) is 2.51. The van der Waals surface area contributed by atoms with Crippen LogP contribution in [0.1, 0.15) is 26.2 Å². The van der Waals surface area contributed by atoms with Gasteiger partial charge in [0.05, 0.1) is 18.6 Å². The van der Waals surface area contributed by atoms with Crippen LogP contribution in [0, 0.1) is 11.3 Å². The van der Waals surface area contributed by atoms with Crippen molar-refractivity contribution >= 4 is 0 Å². The summed E-state index contributed by atoms with van der Waals surface area (Å²) in [5.74, 6) is 0. The number of rotatable bonds is 2. The first-order valence-corrected chi connectivity index (χ1v) is 4.53. The number of aliphatic hydroxyl groups is 1. The lowest BCUT2D eigenvalue weighted by Gasteiger charge is -2.33. The second kappa shape index (κ2) is 4.44. The van der Waals surface area contributed by atoms with Crippen LogP contribution in [-0.2, 0) is 0 Å². The average Bonchev–Trinajstić information content (AvgIpc) is 2.06. The van der Waals surface area contributed by atoms with E-state index in [-0.39, 0.29) is 6.10 Å². The summed E-state index contributed by atoms with van der Waals surface area (Å²) in [5, 5.41) is 17.7. The zero-order valence-corrected chi connectivity index (χ0v) is 7.53. The minimum atomic E-state index is -0.115. The Morgan fingerprint density at radius 3 is 2.67 bits per heavy atom. The van der Waals surface area contributed by atoms with Crippen LogP contribution in [0.15, 0.2) is 0 Å². The molecule has 1 rings (SSSR count). The van der Waals surface area contributed by atoms with E-state index in [1.54, 1.807) is 0 Å². The second-order valence-electron chi connectivity index (χ2n) is 3.48. The van der Waals surface area contributed by atoms with Gasteiger partial charge < -0.3 is 5.11 Å². The molecule has 0 bridgehead atoms. The molecule has 12 heavy (non-hydrogen) atoms. The molecule has 1 aliphatic rings. The molecule has 0 spiro atoms. The predicted octanol–water partition coefficient (Wildman–Crippen LogP) is 0.745. The van der Waals surface area contributed by atoms with Crippen molar-refractivity contribution < 1.29 is 5.11 Å². The molecule has 0 aromatic rings. The second-order valence-corrected chi connectivity index (χ2v) is 3.48. The van der Waals surface area contributed by atoms with E-state index in [4.69, 9.17) is 5.26 Å². The molecule has 1 saturated heterocycles. The third-order valence-corrected chi connectivity index (χ3v) is 2.51. The highest BCUT2D eigenvalue weighted by Crippen LogP contribution is 2.13. The van der Waals surface area contributed by atoms with Crippen LogP contribution in [0.5, 0.6) is 0 Å². The van der Waals surface area contributed by atoms with Crippen LogP contribution in [-0.4, -0.2) is 35.2 Å². The molecule has 1 unspecified atom stereocenters. The molecule has 0 aromatic carbocycles. The summed E-state index contributed by atoms with van der Waals surface area (Å²) < 4.78 is 0. The SMILES string of the molecule is CC(CC#N)N1CCC(O)CC1. The lowest BCUT2D eigenvalue weighted by molar-refractivity contribution is 0.0657. The van der Waals surface area contributed by atoms with Crippen molar-refractivity contribution in [2.24, 2.45) is 0 Å². The summed E-state index contributed by atoms with van der Waals surface area (Å²) in [7, 11) is 0. The Labute approximate surface area is 73.6 Å². The Morgan fingerprint density at radius 1 is 1.58 bits per heavy atom. The largest absolute Gasteiger partial charge is 0.393 e. The summed E-state index contributed by atoms with van der Waals surface area (Å²) in [6, 6.07) is 2.52. The van der Waals surface area contributed by atoms with Crippen molar-refractivity contribution in [3.63, 3.8) is 0 Å². The first-order chi connectivity index (χ1) is 5.74. The number of hydrogen-bond donors (Lipinski definition) is 1. The quantitative estimate of drug-likeness (QED) is 0.661. The highest BCUT2D eigenvalue weighted by molar-refractivity contribution is 4.82. The molecule has 1 N–H and O–H groups in total. The number of aliphatic hydroxyl groups excluding tert-OH is 1. The van der Waals surface area contributed by atoms with Gasteiger partial charge in [0.2, 0.25) is 0 Å². The Bertz CT molecular complexity index is 168. The van der Waals surface area contributed by atoms with Crippen LogP contribution in [0.3, 0.4) is 0 Å². The lowest BCUT2D eigenvalue weighted by Crippen LogP contribution is -2.41. The molecule has 0 amide bonds. The van der Waals surface area contributed by atoms with Gasteiger partial charge in [-0.15, -0.1) is 0 Å². The Hall–Kier alpha value is -0.590. The van der Waals surface area contributed by atoms with Crippen molar-refractivity contribution in [2.75, 3.05) is 13.1 Å². The Morgan fingerprint density at radius 2 is 2.17 bits per heavy atom. The Balaban J connectivity index is 2.30. The summed E-state index contributed by atoms with van der Waals surface area (Å²) in [5.41, 5.74) is 0. The van der Waals surface area contributed by atoms with Gasteiger partial charge in [0.25, 0.3) is 0 Å². The lowest BCUT2D eigenvalue weighted by atomic mass is 10.1. The topological polar surface area (TPSA) is 47.3 Å². The van der Waals surface area contributed by atoms with Gasteiger partial charge in [0.15, 0.2) is 0 Å². The fourth-order valence-corrected chi connectivity index (χ4v) is 1.59. The highest BCUT2D eigenvalue weighted by Gasteiger charge is 2.20. The molecule has 3 heteroatoms. The van der Waals surface area contributed by atoms with Crippen LogP contribution in [0.4, 0.5) is 0 Å². The van der Waals surface area contributed by atoms with Gasteiger partial charge in [-0.3, -0.25) is 4.90 Å². The van der Waals surface area contributed by atoms with Gasteiger partial charge in [0, 0.05) is 19.1 Å². The van der Waals surface area contributed by atoms with Gasteiger partial charge in [-0.25, -0.2) is 0 Å². The highest BCUT2D eigenvalue weighted by atomic mass is 16.3. The standard InChI is InChI=1S/C9H16N2O/c1-8(2-5-10)11-6-3-9(12)4-7-11/h8-9,12H,2-4,6-7H2,1H3. The fourth-order valence-electron chi connectivity index (χ4n) is 1.59. The minimum absolute atomic E-state index is 0.115. The molecule has 1 fully saturated rings. The molecule has 0 aliphatic carbocycles. The summed E-state index contributed by atoms with van der Waals surface area (Å²) in [4.78, 5) is 2.27. The van der Waals surface area contributed by atoms with Gasteiger partial charge in [0.1, 0.15) is 0 Å². The third kappa shape index (κ3) is 2.47. The monoisotopic (exact) mass is 168 g/mol. The van der Waals surface area contributed by atoms with Crippen LogP contribution in [0.2, 0.25) is 0 Å². The molecular formula is C9H16N2O. The Kier molecular flexibility index (Phi) is 3.51. The van der Waals surface area contributed by atoms with E-state index in [1.807, 2.05) is 0 Å². The molecule has 0 saturated carbocycles. The van der Waals surface area contributed by atoms with E-state index in [1.165, 1.54) is 0 Å². The van der Waals surface area contributed by atoms with E-state index in [0.717, 1.165) is 25.9 Å². The van der Waals surface area contributed by atoms with E-state index in [9.17, 15) is 5.11 Å². The van der Waals surface area contributed by atoms with E-state index < -0.39 is 0 Å². The first kappa shape index (κ1) is 9.50. The maximum atomic E-state index is 9.25. The van der Waals surface area contributed by atoms with Crippen LogP contribution < -0.4 is 0 Å². The number of likely N-dealkylation sites (tertiary alicyclic amines) is 1. The number of hydrogen-bond acceptors (Lipinski definition) is 3. The number of nitrogens with zero attached hydrogens (tertiary/aromatic N) is 2. The van der Waals surface area contributed by atoms with Gasteiger partial charge in [-0.05, 0) is 19.8 Å². The molecule has 1 atom stereocenters. The molecule has 3 nitrogen and oxygen atoms in total. The van der Waals surface area contributed by atoms with Crippen LogP contribution in [0.25, 0.3) is 0 Å². The van der Waals surface area contributed by atoms with Crippen molar-refractivity contribution in [1.29, 1.82) is 5.26 Å². The van der Waals surface area contributed by atoms with Crippen molar-refractivity contribution in [2.45, 2.75) is 38.3 Å². The minimum Gasteiger partial charge on any atom is -0.393 e. The van der Waals surface area contributed by atoms with Crippen LogP contribution >= 0.6 is 0 Å². The van der Waals surface area contributed by atoms with E-state index >= 15 is 0 Å². The summed E-state index contributed by atoms with van der Waals surface area (Å²) >= 11 is 0.